The first kappa shape index (κ1) is 15.1. The quantitative estimate of drug-likeness (QED) is 0.572. The molecule has 0 aliphatic rings. The van der Waals surface area contributed by atoms with Gasteiger partial charge < -0.3 is 5.11 Å². The summed E-state index contributed by atoms with van der Waals surface area (Å²) in [6.07, 6.45) is 1.18. The van der Waals surface area contributed by atoms with Gasteiger partial charge in [0.1, 0.15) is 0 Å². The molecule has 0 radical (unpaired) electrons. The van der Waals surface area contributed by atoms with Crippen molar-refractivity contribution in [2.75, 3.05) is 0 Å². The van der Waals surface area contributed by atoms with E-state index in [0.717, 1.165) is 16.8 Å². The molecule has 0 aliphatic heterocycles. The number of hydrogen-bond acceptors (Lipinski definition) is 6. The van der Waals surface area contributed by atoms with Gasteiger partial charge >= 0.3 is 5.97 Å². The van der Waals surface area contributed by atoms with Gasteiger partial charge in [-0.1, -0.05) is 12.1 Å². The Bertz CT molecular complexity index is 1010. The highest BCUT2D eigenvalue weighted by atomic mass is 16.6. The third-order valence-corrected chi connectivity index (χ3v) is 3.42. The summed E-state index contributed by atoms with van der Waals surface area (Å²) in [5, 5.41) is 35.5. The number of nitrogens with zero attached hydrogens (tertiary/aromatic N) is 4. The molecule has 0 atom stereocenters. The number of aromatic nitrogens is 2. The maximum Gasteiger partial charge on any atom is 0.337 e. The van der Waals surface area contributed by atoms with Gasteiger partial charge in [-0.15, -0.1) is 0 Å². The third kappa shape index (κ3) is 2.31. The first-order chi connectivity index (χ1) is 11.4. The van der Waals surface area contributed by atoms with Gasteiger partial charge in [-0.05, 0) is 12.1 Å². The molecule has 0 amide bonds. The van der Waals surface area contributed by atoms with Gasteiger partial charge in [0.15, 0.2) is 0 Å². The van der Waals surface area contributed by atoms with Crippen LogP contribution in [0.2, 0.25) is 0 Å². The number of rotatable bonds is 4. The molecule has 0 saturated heterocycles. The number of carbonyl (C=O) groups is 1. The number of non-ortho nitro benzene ring substituents is 2. The first-order valence-electron chi connectivity index (χ1n) is 6.53. The number of para-hydroxylation sites is 1. The lowest BCUT2D eigenvalue weighted by Gasteiger charge is -2.07. The van der Waals surface area contributed by atoms with Crippen LogP contribution >= 0.6 is 0 Å². The van der Waals surface area contributed by atoms with Crippen LogP contribution in [0, 0.1) is 20.2 Å². The first-order valence-corrected chi connectivity index (χ1v) is 6.53. The fraction of sp³-hybridized carbons (Fsp3) is 0. The molecule has 0 aliphatic carbocycles. The van der Waals surface area contributed by atoms with Gasteiger partial charge in [0.25, 0.3) is 11.4 Å². The molecular formula is C14H8N4O6. The lowest BCUT2D eigenvalue weighted by atomic mass is 10.1. The summed E-state index contributed by atoms with van der Waals surface area (Å²) in [5.74, 6) is -1.21. The summed E-state index contributed by atoms with van der Waals surface area (Å²) >= 11 is 0. The van der Waals surface area contributed by atoms with E-state index in [0.29, 0.717) is 0 Å². The minimum atomic E-state index is -1.21. The molecule has 2 aromatic carbocycles. The Morgan fingerprint density at radius 3 is 2.46 bits per heavy atom. The number of carboxylic acids is 1. The van der Waals surface area contributed by atoms with Gasteiger partial charge in [-0.3, -0.25) is 20.2 Å². The molecule has 3 aromatic rings. The molecule has 120 valence electrons. The molecule has 10 heteroatoms. The summed E-state index contributed by atoms with van der Waals surface area (Å²) in [7, 11) is 0. The second kappa shape index (κ2) is 5.43. The minimum Gasteiger partial charge on any atom is -0.478 e. The normalized spacial score (nSPS) is 10.7. The molecule has 1 N–H and O–H groups in total. The topological polar surface area (TPSA) is 141 Å². The van der Waals surface area contributed by atoms with Crippen LogP contribution in [0.25, 0.3) is 16.6 Å². The number of benzene rings is 2. The van der Waals surface area contributed by atoms with E-state index >= 15 is 0 Å². The monoisotopic (exact) mass is 328 g/mol. The van der Waals surface area contributed by atoms with Gasteiger partial charge in [-0.25, -0.2) is 9.48 Å². The van der Waals surface area contributed by atoms with E-state index in [1.54, 1.807) is 6.07 Å². The highest BCUT2D eigenvalue weighted by molar-refractivity contribution is 5.95. The van der Waals surface area contributed by atoms with E-state index in [1.165, 1.54) is 24.4 Å². The van der Waals surface area contributed by atoms with Crippen LogP contribution in [0.5, 0.6) is 0 Å². The molecular weight excluding hydrogens is 320 g/mol. The second-order valence-corrected chi connectivity index (χ2v) is 4.79. The van der Waals surface area contributed by atoms with Crippen molar-refractivity contribution in [3.63, 3.8) is 0 Å². The molecule has 1 aromatic heterocycles. The van der Waals surface area contributed by atoms with Crippen LogP contribution in [0.1, 0.15) is 10.4 Å². The van der Waals surface area contributed by atoms with Crippen molar-refractivity contribution in [1.82, 2.24) is 9.78 Å². The van der Waals surface area contributed by atoms with E-state index in [1.807, 2.05) is 0 Å². The van der Waals surface area contributed by atoms with Gasteiger partial charge in [0.05, 0.1) is 44.3 Å². The lowest BCUT2D eigenvalue weighted by molar-refractivity contribution is -0.393. The van der Waals surface area contributed by atoms with E-state index in [9.17, 15) is 30.1 Å². The molecule has 3 rings (SSSR count). The van der Waals surface area contributed by atoms with Crippen LogP contribution in [-0.4, -0.2) is 30.7 Å². The Hall–Kier alpha value is -3.82. The number of hydrogen-bond donors (Lipinski definition) is 1. The van der Waals surface area contributed by atoms with Crippen LogP contribution in [-0.2, 0) is 0 Å². The van der Waals surface area contributed by atoms with Crippen molar-refractivity contribution in [1.29, 1.82) is 0 Å². The van der Waals surface area contributed by atoms with Crippen molar-refractivity contribution in [2.24, 2.45) is 0 Å². The fourth-order valence-corrected chi connectivity index (χ4v) is 2.38. The summed E-state index contributed by atoms with van der Waals surface area (Å²) in [6, 6.07) is 7.85. The van der Waals surface area contributed by atoms with Crippen LogP contribution in [0.3, 0.4) is 0 Å². The summed E-state index contributed by atoms with van der Waals surface area (Å²) in [4.78, 5) is 32.0. The zero-order chi connectivity index (χ0) is 17.4. The van der Waals surface area contributed by atoms with E-state index in [4.69, 9.17) is 0 Å². The second-order valence-electron chi connectivity index (χ2n) is 4.79. The molecule has 0 unspecified atom stereocenters. The van der Waals surface area contributed by atoms with Crippen molar-refractivity contribution < 1.29 is 19.7 Å². The maximum absolute atomic E-state index is 11.3. The number of aromatic carboxylic acids is 1. The third-order valence-electron chi connectivity index (χ3n) is 3.42. The Kier molecular flexibility index (Phi) is 3.41. The number of carboxylic acid groups (broad SMARTS) is 1. The molecule has 24 heavy (non-hydrogen) atoms. The van der Waals surface area contributed by atoms with Gasteiger partial charge in [-0.2, -0.15) is 5.10 Å². The average molecular weight is 328 g/mol. The Labute approximate surface area is 132 Å². The molecule has 0 fully saturated rings. The zero-order valence-electron chi connectivity index (χ0n) is 11.8. The molecule has 0 spiro atoms. The standard InChI is InChI=1S/C14H8N4O6/c19-14(20)9-3-1-2-4-11(9)16-12-5-8(17(21)22)6-13(18(23)24)10(12)7-15-16/h1-7H,(H,19,20). The smallest absolute Gasteiger partial charge is 0.337 e. The SMILES string of the molecule is O=C(O)c1ccccc1-n1ncc2c([N+](=O)[O-])cc([N+](=O)[O-])cc21. The number of nitro groups is 2. The van der Waals surface area contributed by atoms with E-state index in [-0.39, 0.29) is 22.2 Å². The Morgan fingerprint density at radius 2 is 1.83 bits per heavy atom. The van der Waals surface area contributed by atoms with Gasteiger partial charge in [0, 0.05) is 6.07 Å². The number of nitro benzene ring substituents is 2. The van der Waals surface area contributed by atoms with Crippen molar-refractivity contribution in [3.05, 3.63) is 68.4 Å². The minimum absolute atomic E-state index is 0.0737. The average Bonchev–Trinajstić information content (AvgIpc) is 2.97. The summed E-state index contributed by atoms with van der Waals surface area (Å²) in [6.45, 7) is 0. The summed E-state index contributed by atoms with van der Waals surface area (Å²) in [5.41, 5.74) is -0.821. The van der Waals surface area contributed by atoms with Crippen molar-refractivity contribution >= 4 is 28.2 Å². The number of fused-ring (bicyclic) bond motifs is 1. The zero-order valence-corrected chi connectivity index (χ0v) is 11.8. The molecule has 1 heterocycles. The van der Waals surface area contributed by atoms with E-state index in [2.05, 4.69) is 5.10 Å². The highest BCUT2D eigenvalue weighted by Gasteiger charge is 2.24. The van der Waals surface area contributed by atoms with Crippen LogP contribution in [0.4, 0.5) is 11.4 Å². The predicted molar refractivity (Wildman–Crippen MR) is 81.3 cm³/mol. The lowest BCUT2D eigenvalue weighted by Crippen LogP contribution is -2.06. The largest absolute Gasteiger partial charge is 0.478 e. The predicted octanol–water partition coefficient (Wildman–Crippen LogP) is 2.54. The van der Waals surface area contributed by atoms with E-state index < -0.39 is 27.2 Å². The Balaban J connectivity index is 2.38. The van der Waals surface area contributed by atoms with Crippen molar-refractivity contribution in [2.45, 2.75) is 0 Å². The highest BCUT2D eigenvalue weighted by Crippen LogP contribution is 2.32. The van der Waals surface area contributed by atoms with Crippen molar-refractivity contribution in [3.8, 4) is 5.69 Å². The maximum atomic E-state index is 11.3. The summed E-state index contributed by atoms with van der Waals surface area (Å²) < 4.78 is 1.14. The van der Waals surface area contributed by atoms with Crippen LogP contribution in [0.15, 0.2) is 42.6 Å². The molecule has 0 bridgehead atoms. The fourth-order valence-electron chi connectivity index (χ4n) is 2.38. The molecule has 0 saturated carbocycles. The Morgan fingerprint density at radius 1 is 1.12 bits per heavy atom. The molecule has 10 nitrogen and oxygen atoms in total. The van der Waals surface area contributed by atoms with Gasteiger partial charge in [0.2, 0.25) is 0 Å². The van der Waals surface area contributed by atoms with Crippen LogP contribution < -0.4 is 0 Å².